The molecule has 3 nitrogen and oxygen atoms in total. The molecule has 1 atom stereocenters. The van der Waals surface area contributed by atoms with Gasteiger partial charge in [0.25, 0.3) is 0 Å². The lowest BCUT2D eigenvalue weighted by atomic mass is 10.3. The molecule has 0 radical (unpaired) electrons. The van der Waals surface area contributed by atoms with E-state index >= 15 is 0 Å². The Morgan fingerprint density at radius 3 is 3.11 bits per heavy atom. The highest BCUT2D eigenvalue weighted by atomic mass is 35.5. The minimum atomic E-state index is -0.249. The van der Waals surface area contributed by atoms with Crippen molar-refractivity contribution in [2.24, 2.45) is 0 Å². The average Bonchev–Trinajstić information content (AvgIpc) is 2.70. The van der Waals surface area contributed by atoms with E-state index in [4.69, 9.17) is 16.3 Å². The maximum atomic E-state index is 11.5. The van der Waals surface area contributed by atoms with Crippen molar-refractivity contribution in [2.75, 3.05) is 6.61 Å². The molecule has 0 amide bonds. The number of carbonyl (C=O) groups excluding carboxylic acids is 1. The summed E-state index contributed by atoms with van der Waals surface area (Å²) in [6.45, 7) is 4.02. The Morgan fingerprint density at radius 1 is 1.61 bits per heavy atom. The summed E-state index contributed by atoms with van der Waals surface area (Å²) >= 11 is 8.88. The average molecular weight is 302 g/mol. The number of nitrogens with zero attached hydrogens (tertiary/aromatic N) is 1. The van der Waals surface area contributed by atoms with Gasteiger partial charge in [-0.3, -0.25) is 4.79 Å². The quantitative estimate of drug-likeness (QED) is 0.632. The molecule has 6 heteroatoms. The Hall–Kier alpha value is -0.780. The van der Waals surface area contributed by atoms with Gasteiger partial charge in [0.2, 0.25) is 0 Å². The van der Waals surface area contributed by atoms with E-state index in [0.29, 0.717) is 11.6 Å². The number of hydrogen-bond donors (Lipinski definition) is 0. The predicted molar refractivity (Wildman–Crippen MR) is 76.6 cm³/mol. The van der Waals surface area contributed by atoms with Crippen molar-refractivity contribution in [3.63, 3.8) is 0 Å². The normalized spacial score (nSPS) is 12.6. The van der Waals surface area contributed by atoms with Crippen molar-refractivity contribution in [3.05, 3.63) is 23.2 Å². The first-order chi connectivity index (χ1) is 8.60. The van der Waals surface area contributed by atoms with E-state index in [1.165, 1.54) is 11.8 Å². The SMILES string of the molecule is CCOC(=O)[C@H](C)Sc1nc2cc(Cl)ccc2s1. The third-order valence-electron chi connectivity index (χ3n) is 2.23. The molecule has 0 aliphatic heterocycles. The van der Waals surface area contributed by atoms with Crippen molar-refractivity contribution in [3.8, 4) is 0 Å². The molecule has 0 aliphatic carbocycles. The number of thioether (sulfide) groups is 1. The van der Waals surface area contributed by atoms with Crippen LogP contribution in [-0.4, -0.2) is 22.8 Å². The number of hydrogen-bond acceptors (Lipinski definition) is 5. The number of rotatable bonds is 4. The van der Waals surface area contributed by atoms with Crippen molar-refractivity contribution in [1.29, 1.82) is 0 Å². The molecular formula is C12H12ClNO2S2. The number of ether oxygens (including phenoxy) is 1. The molecule has 0 aliphatic rings. The maximum Gasteiger partial charge on any atom is 0.319 e. The maximum absolute atomic E-state index is 11.5. The zero-order valence-corrected chi connectivity index (χ0v) is 12.4. The summed E-state index contributed by atoms with van der Waals surface area (Å²) in [5.74, 6) is -0.209. The van der Waals surface area contributed by atoms with E-state index in [2.05, 4.69) is 4.98 Å². The summed E-state index contributed by atoms with van der Waals surface area (Å²) in [6, 6.07) is 5.60. The lowest BCUT2D eigenvalue weighted by Gasteiger charge is -2.07. The minimum Gasteiger partial charge on any atom is -0.465 e. The fourth-order valence-corrected chi connectivity index (χ4v) is 3.75. The molecular weight excluding hydrogens is 290 g/mol. The summed E-state index contributed by atoms with van der Waals surface area (Å²) in [7, 11) is 0. The number of carbonyl (C=O) groups is 1. The Labute approximate surface area is 118 Å². The van der Waals surface area contributed by atoms with Crippen molar-refractivity contribution < 1.29 is 9.53 Å². The van der Waals surface area contributed by atoms with Crippen LogP contribution in [-0.2, 0) is 9.53 Å². The van der Waals surface area contributed by atoms with Gasteiger partial charge in [0.15, 0.2) is 4.34 Å². The number of fused-ring (bicyclic) bond motifs is 1. The second-order valence-corrected chi connectivity index (χ2v) is 6.66. The fraction of sp³-hybridized carbons (Fsp3) is 0.333. The second kappa shape index (κ2) is 5.91. The van der Waals surface area contributed by atoms with Gasteiger partial charge >= 0.3 is 5.97 Å². The van der Waals surface area contributed by atoms with Gasteiger partial charge in [0.05, 0.1) is 16.8 Å². The third kappa shape index (κ3) is 3.16. The molecule has 0 N–H and O–H groups in total. The molecule has 0 saturated heterocycles. The van der Waals surface area contributed by atoms with Gasteiger partial charge in [-0.1, -0.05) is 23.4 Å². The van der Waals surface area contributed by atoms with Crippen LogP contribution < -0.4 is 0 Å². The first kappa shape index (κ1) is 13.6. The molecule has 1 aromatic carbocycles. The highest BCUT2D eigenvalue weighted by Gasteiger charge is 2.17. The molecule has 2 aromatic rings. The fourth-order valence-electron chi connectivity index (χ4n) is 1.39. The van der Waals surface area contributed by atoms with Gasteiger partial charge in [0, 0.05) is 5.02 Å². The van der Waals surface area contributed by atoms with Gasteiger partial charge in [-0.05, 0) is 32.0 Å². The van der Waals surface area contributed by atoms with Crippen LogP contribution >= 0.6 is 34.7 Å². The van der Waals surface area contributed by atoms with Crippen molar-refractivity contribution in [2.45, 2.75) is 23.4 Å². The molecule has 0 spiro atoms. The standard InChI is InChI=1S/C12H12ClNO2S2/c1-3-16-11(15)7(2)17-12-14-9-6-8(13)4-5-10(9)18-12/h4-7H,3H2,1-2H3/t7-/m0/s1. The van der Waals surface area contributed by atoms with Crippen molar-refractivity contribution in [1.82, 2.24) is 4.98 Å². The summed E-state index contributed by atoms with van der Waals surface area (Å²) in [4.78, 5) is 16.0. The van der Waals surface area contributed by atoms with Gasteiger partial charge in [-0.25, -0.2) is 4.98 Å². The molecule has 1 aromatic heterocycles. The Bertz CT molecular complexity index is 570. The lowest BCUT2D eigenvalue weighted by Crippen LogP contribution is -2.16. The van der Waals surface area contributed by atoms with Crippen LogP contribution in [0, 0.1) is 0 Å². The van der Waals surface area contributed by atoms with E-state index in [-0.39, 0.29) is 11.2 Å². The highest BCUT2D eigenvalue weighted by Crippen LogP contribution is 2.33. The van der Waals surface area contributed by atoms with E-state index < -0.39 is 0 Å². The van der Waals surface area contributed by atoms with E-state index in [1.54, 1.807) is 18.3 Å². The smallest absolute Gasteiger partial charge is 0.319 e. The topological polar surface area (TPSA) is 39.2 Å². The van der Waals surface area contributed by atoms with Gasteiger partial charge < -0.3 is 4.74 Å². The largest absolute Gasteiger partial charge is 0.465 e. The van der Waals surface area contributed by atoms with Crippen LogP contribution in [0.5, 0.6) is 0 Å². The molecule has 0 saturated carbocycles. The number of benzene rings is 1. The molecule has 0 fully saturated rings. The third-order valence-corrected chi connectivity index (χ3v) is 4.67. The van der Waals surface area contributed by atoms with Crippen LogP contribution in [0.4, 0.5) is 0 Å². The van der Waals surface area contributed by atoms with Crippen LogP contribution in [0.3, 0.4) is 0 Å². The molecule has 96 valence electrons. The zero-order chi connectivity index (χ0) is 13.1. The van der Waals surface area contributed by atoms with Crippen LogP contribution in [0.25, 0.3) is 10.2 Å². The first-order valence-corrected chi connectivity index (χ1v) is 7.57. The Morgan fingerprint density at radius 2 is 2.39 bits per heavy atom. The number of aromatic nitrogens is 1. The molecule has 18 heavy (non-hydrogen) atoms. The minimum absolute atomic E-state index is 0.209. The summed E-state index contributed by atoms with van der Waals surface area (Å²) < 4.78 is 6.89. The zero-order valence-electron chi connectivity index (χ0n) is 9.97. The van der Waals surface area contributed by atoms with Crippen LogP contribution in [0.2, 0.25) is 5.02 Å². The second-order valence-electron chi connectivity index (χ2n) is 3.60. The van der Waals surface area contributed by atoms with E-state index in [1.807, 2.05) is 25.1 Å². The van der Waals surface area contributed by atoms with Gasteiger partial charge in [-0.2, -0.15) is 0 Å². The van der Waals surface area contributed by atoms with Gasteiger partial charge in [0.1, 0.15) is 5.25 Å². The predicted octanol–water partition coefficient (Wildman–Crippen LogP) is 3.99. The summed E-state index contributed by atoms with van der Waals surface area (Å²) in [5, 5.41) is 0.420. The molecule has 1 heterocycles. The highest BCUT2D eigenvalue weighted by molar-refractivity contribution is 8.02. The van der Waals surface area contributed by atoms with E-state index in [9.17, 15) is 4.79 Å². The number of esters is 1. The Kier molecular flexibility index (Phi) is 4.48. The van der Waals surface area contributed by atoms with Crippen LogP contribution in [0.15, 0.2) is 22.5 Å². The first-order valence-electron chi connectivity index (χ1n) is 5.49. The number of thiazole rings is 1. The molecule has 2 rings (SSSR count). The van der Waals surface area contributed by atoms with Gasteiger partial charge in [-0.15, -0.1) is 11.3 Å². The summed E-state index contributed by atoms with van der Waals surface area (Å²) in [5.41, 5.74) is 0.867. The number of halogens is 1. The van der Waals surface area contributed by atoms with Crippen molar-refractivity contribution >= 4 is 50.9 Å². The van der Waals surface area contributed by atoms with E-state index in [0.717, 1.165) is 14.6 Å². The monoisotopic (exact) mass is 301 g/mol. The lowest BCUT2D eigenvalue weighted by molar-refractivity contribution is -0.142. The molecule has 0 bridgehead atoms. The van der Waals surface area contributed by atoms with Crippen LogP contribution in [0.1, 0.15) is 13.8 Å². The molecule has 0 unspecified atom stereocenters. The Balaban J connectivity index is 2.14. The summed E-state index contributed by atoms with van der Waals surface area (Å²) in [6.07, 6.45) is 0.